The molecule has 0 N–H and O–H groups in total. The van der Waals surface area contributed by atoms with Crippen molar-refractivity contribution in [2.75, 3.05) is 13.2 Å². The second-order valence-electron chi connectivity index (χ2n) is 5.87. The Morgan fingerprint density at radius 2 is 1.82 bits per heavy atom. The summed E-state index contributed by atoms with van der Waals surface area (Å²) in [6.45, 7) is 5.69. The van der Waals surface area contributed by atoms with E-state index in [4.69, 9.17) is 9.47 Å². The lowest BCUT2D eigenvalue weighted by Crippen LogP contribution is -2.44. The van der Waals surface area contributed by atoms with E-state index in [2.05, 4.69) is 6.92 Å². The Hall–Kier alpha value is -0.670. The summed E-state index contributed by atoms with van der Waals surface area (Å²) in [7, 11) is 0. The van der Waals surface area contributed by atoms with Gasteiger partial charge in [-0.05, 0) is 30.8 Å². The van der Waals surface area contributed by atoms with Crippen LogP contribution in [0.4, 0.5) is 0 Å². The molecule has 1 spiro atoms. The van der Waals surface area contributed by atoms with Gasteiger partial charge in [-0.1, -0.05) is 12.5 Å². The molecule has 2 aliphatic carbocycles. The fourth-order valence-electron chi connectivity index (χ4n) is 3.77. The molecule has 2 fully saturated rings. The van der Waals surface area contributed by atoms with Gasteiger partial charge in [0.05, 0.1) is 13.2 Å². The molecule has 1 heterocycles. The zero-order valence-corrected chi connectivity index (χ0v) is 10.7. The highest BCUT2D eigenvalue weighted by molar-refractivity contribution is 5.96. The predicted molar refractivity (Wildman–Crippen MR) is 63.5 cm³/mol. The van der Waals surface area contributed by atoms with Crippen LogP contribution in [0.5, 0.6) is 0 Å². The van der Waals surface area contributed by atoms with Crippen LogP contribution >= 0.6 is 0 Å². The van der Waals surface area contributed by atoms with Gasteiger partial charge in [-0.25, -0.2) is 0 Å². The predicted octanol–water partition coefficient (Wildman–Crippen LogP) is 2.60. The summed E-state index contributed by atoms with van der Waals surface area (Å²) in [6, 6.07) is 0. The monoisotopic (exact) mass is 236 g/mol. The summed E-state index contributed by atoms with van der Waals surface area (Å²) in [5, 5.41) is 0. The molecule has 0 aromatic rings. The van der Waals surface area contributed by atoms with E-state index in [0.717, 1.165) is 31.3 Å². The number of ketones is 1. The molecule has 1 aliphatic heterocycles. The number of fused-ring (bicyclic) bond motifs is 1. The van der Waals surface area contributed by atoms with E-state index >= 15 is 0 Å². The first kappa shape index (κ1) is 11.4. The zero-order valence-electron chi connectivity index (χ0n) is 10.7. The third kappa shape index (κ3) is 1.67. The van der Waals surface area contributed by atoms with Crippen LogP contribution in [-0.4, -0.2) is 24.8 Å². The molecule has 0 unspecified atom stereocenters. The molecular weight excluding hydrogens is 216 g/mol. The molecule has 0 bridgehead atoms. The van der Waals surface area contributed by atoms with Crippen LogP contribution in [0.15, 0.2) is 11.1 Å². The first-order chi connectivity index (χ1) is 8.05. The van der Waals surface area contributed by atoms with E-state index in [-0.39, 0.29) is 11.2 Å². The molecular formula is C14H20O3. The SMILES string of the molecule is CC1=C2CCC3(C[C@@]2(C)CCC1=O)OCCO3. The highest BCUT2D eigenvalue weighted by atomic mass is 16.7. The van der Waals surface area contributed by atoms with Crippen molar-refractivity contribution in [1.82, 2.24) is 0 Å². The van der Waals surface area contributed by atoms with E-state index < -0.39 is 0 Å². The minimum Gasteiger partial charge on any atom is -0.347 e. The molecule has 3 rings (SSSR count). The number of hydrogen-bond acceptors (Lipinski definition) is 3. The van der Waals surface area contributed by atoms with Gasteiger partial charge in [-0.3, -0.25) is 4.79 Å². The number of ether oxygens (including phenoxy) is 2. The highest BCUT2D eigenvalue weighted by Gasteiger charge is 2.50. The molecule has 1 atom stereocenters. The average molecular weight is 236 g/mol. The van der Waals surface area contributed by atoms with Crippen LogP contribution in [0.3, 0.4) is 0 Å². The summed E-state index contributed by atoms with van der Waals surface area (Å²) < 4.78 is 11.7. The smallest absolute Gasteiger partial charge is 0.169 e. The topological polar surface area (TPSA) is 35.5 Å². The van der Waals surface area contributed by atoms with Gasteiger partial charge in [-0.15, -0.1) is 0 Å². The molecule has 0 aromatic heterocycles. The largest absolute Gasteiger partial charge is 0.347 e. The standard InChI is InChI=1S/C14H20O3/c1-10-11-3-6-14(16-7-8-17-14)9-13(11,2)5-4-12(10)15/h3-9H2,1-2H3/t13-/m1/s1. The molecule has 0 aromatic carbocycles. The number of carbonyl (C=O) groups excluding carboxylic acids is 1. The quantitative estimate of drug-likeness (QED) is 0.648. The molecule has 17 heavy (non-hydrogen) atoms. The Bertz CT molecular complexity index is 390. The van der Waals surface area contributed by atoms with Crippen molar-refractivity contribution in [3.8, 4) is 0 Å². The number of rotatable bonds is 0. The van der Waals surface area contributed by atoms with E-state index in [9.17, 15) is 4.79 Å². The molecule has 3 nitrogen and oxygen atoms in total. The molecule has 1 saturated heterocycles. The second kappa shape index (κ2) is 3.66. The van der Waals surface area contributed by atoms with Gasteiger partial charge in [0.2, 0.25) is 0 Å². The highest BCUT2D eigenvalue weighted by Crippen LogP contribution is 2.53. The lowest BCUT2D eigenvalue weighted by Gasteiger charge is -2.47. The van der Waals surface area contributed by atoms with Crippen LogP contribution in [-0.2, 0) is 14.3 Å². The number of hydrogen-bond donors (Lipinski definition) is 0. The Balaban J connectivity index is 1.94. The van der Waals surface area contributed by atoms with Crippen molar-refractivity contribution in [1.29, 1.82) is 0 Å². The Morgan fingerprint density at radius 1 is 1.12 bits per heavy atom. The van der Waals surface area contributed by atoms with Crippen LogP contribution in [0, 0.1) is 5.41 Å². The maximum absolute atomic E-state index is 11.8. The first-order valence-corrected chi connectivity index (χ1v) is 6.56. The molecule has 94 valence electrons. The number of carbonyl (C=O) groups is 1. The van der Waals surface area contributed by atoms with Gasteiger partial charge in [0, 0.05) is 19.3 Å². The number of allylic oxidation sites excluding steroid dienone is 2. The lowest BCUT2D eigenvalue weighted by molar-refractivity contribution is -0.191. The van der Waals surface area contributed by atoms with Crippen molar-refractivity contribution in [3.05, 3.63) is 11.1 Å². The minimum absolute atomic E-state index is 0.112. The summed E-state index contributed by atoms with van der Waals surface area (Å²) in [5.74, 6) is -0.0134. The van der Waals surface area contributed by atoms with Crippen LogP contribution in [0.1, 0.15) is 46.0 Å². The summed E-state index contributed by atoms with van der Waals surface area (Å²) >= 11 is 0. The fraction of sp³-hybridized carbons (Fsp3) is 0.786. The normalized spacial score (nSPS) is 36.5. The van der Waals surface area contributed by atoms with Gasteiger partial charge in [0.25, 0.3) is 0 Å². The molecule has 3 heteroatoms. The van der Waals surface area contributed by atoms with Crippen molar-refractivity contribution in [3.63, 3.8) is 0 Å². The van der Waals surface area contributed by atoms with E-state index in [1.807, 2.05) is 6.92 Å². The maximum atomic E-state index is 11.8. The molecule has 0 amide bonds. The van der Waals surface area contributed by atoms with E-state index in [1.54, 1.807) is 0 Å². The third-order valence-corrected chi connectivity index (χ3v) is 4.73. The Labute approximate surface area is 102 Å². The zero-order chi connectivity index (χ0) is 12.1. The van der Waals surface area contributed by atoms with Crippen molar-refractivity contribution >= 4 is 5.78 Å². The molecule has 3 aliphatic rings. The summed E-state index contributed by atoms with van der Waals surface area (Å²) in [6.07, 6.45) is 4.41. The molecule has 0 radical (unpaired) electrons. The average Bonchev–Trinajstić information content (AvgIpc) is 2.72. The third-order valence-electron chi connectivity index (χ3n) is 4.73. The molecule has 1 saturated carbocycles. The first-order valence-electron chi connectivity index (χ1n) is 6.56. The van der Waals surface area contributed by atoms with Gasteiger partial charge in [0.1, 0.15) is 0 Å². The second-order valence-corrected chi connectivity index (χ2v) is 5.87. The summed E-state index contributed by atoms with van der Waals surface area (Å²) in [4.78, 5) is 11.8. The van der Waals surface area contributed by atoms with E-state index in [1.165, 1.54) is 5.57 Å². The maximum Gasteiger partial charge on any atom is 0.169 e. The fourth-order valence-corrected chi connectivity index (χ4v) is 3.77. The van der Waals surface area contributed by atoms with Crippen LogP contribution < -0.4 is 0 Å². The van der Waals surface area contributed by atoms with Crippen molar-refractivity contribution < 1.29 is 14.3 Å². The lowest BCUT2D eigenvalue weighted by atomic mass is 9.62. The number of Topliss-reactive ketones (excluding diaryl/α,β-unsaturated/α-hetero) is 1. The Kier molecular flexibility index (Phi) is 2.46. The van der Waals surface area contributed by atoms with Gasteiger partial charge in [-0.2, -0.15) is 0 Å². The van der Waals surface area contributed by atoms with Crippen molar-refractivity contribution in [2.24, 2.45) is 5.41 Å². The van der Waals surface area contributed by atoms with E-state index in [0.29, 0.717) is 25.4 Å². The van der Waals surface area contributed by atoms with Gasteiger partial charge in [0.15, 0.2) is 11.6 Å². The van der Waals surface area contributed by atoms with Gasteiger partial charge >= 0.3 is 0 Å². The van der Waals surface area contributed by atoms with Crippen LogP contribution in [0.25, 0.3) is 0 Å². The summed E-state index contributed by atoms with van der Waals surface area (Å²) in [5.41, 5.74) is 2.48. The van der Waals surface area contributed by atoms with Crippen LogP contribution in [0.2, 0.25) is 0 Å². The minimum atomic E-state index is -0.348. The van der Waals surface area contributed by atoms with Crippen molar-refractivity contribution in [2.45, 2.75) is 51.7 Å². The van der Waals surface area contributed by atoms with Gasteiger partial charge < -0.3 is 9.47 Å². The Morgan fingerprint density at radius 3 is 2.53 bits per heavy atom.